The highest BCUT2D eigenvalue weighted by atomic mass is 32.1. The van der Waals surface area contributed by atoms with Gasteiger partial charge in [0.25, 0.3) is 5.56 Å². The van der Waals surface area contributed by atoms with E-state index in [1.807, 2.05) is 30.3 Å². The van der Waals surface area contributed by atoms with Crippen molar-refractivity contribution in [1.82, 2.24) is 9.97 Å². The van der Waals surface area contributed by atoms with E-state index in [0.717, 1.165) is 10.3 Å². The minimum absolute atomic E-state index is 0.233. The Morgan fingerprint density at radius 1 is 1.24 bits per heavy atom. The molecule has 0 amide bonds. The number of hydrogen-bond donors (Lipinski definition) is 0. The van der Waals surface area contributed by atoms with E-state index in [9.17, 15) is 4.79 Å². The molecule has 21 heavy (non-hydrogen) atoms. The predicted octanol–water partition coefficient (Wildman–Crippen LogP) is 3.17. The topological polar surface area (TPSA) is 66.6 Å². The maximum absolute atomic E-state index is 12.1. The maximum atomic E-state index is 12.1. The van der Waals surface area contributed by atoms with E-state index < -0.39 is 0 Å². The number of nitrogens with zero attached hydrogens (tertiary/aromatic N) is 3. The lowest BCUT2D eigenvalue weighted by atomic mass is 10.1. The second-order valence-corrected chi connectivity index (χ2v) is 5.56. The summed E-state index contributed by atoms with van der Waals surface area (Å²) in [4.78, 5) is 20.5. The van der Waals surface area contributed by atoms with Crippen LogP contribution in [0.15, 0.2) is 47.4 Å². The van der Waals surface area contributed by atoms with Crippen molar-refractivity contribution in [3.63, 3.8) is 0 Å². The molecule has 3 rings (SSSR count). The van der Waals surface area contributed by atoms with Crippen LogP contribution in [-0.2, 0) is 6.42 Å². The first-order valence-corrected chi connectivity index (χ1v) is 7.32. The van der Waals surface area contributed by atoms with E-state index >= 15 is 0 Å². The van der Waals surface area contributed by atoms with Gasteiger partial charge in [-0.1, -0.05) is 12.1 Å². The molecule has 3 aromatic rings. The zero-order valence-corrected chi connectivity index (χ0v) is 11.9. The van der Waals surface area contributed by atoms with E-state index in [1.54, 1.807) is 12.3 Å². The molecular weight excluding hydrogens is 282 g/mol. The van der Waals surface area contributed by atoms with Gasteiger partial charge in [-0.2, -0.15) is 10.2 Å². The van der Waals surface area contributed by atoms with Crippen LogP contribution in [0.2, 0.25) is 0 Å². The third-order valence-corrected chi connectivity index (χ3v) is 4.17. The summed E-state index contributed by atoms with van der Waals surface area (Å²) in [5, 5.41) is 9.89. The zero-order valence-electron chi connectivity index (χ0n) is 11.1. The average Bonchev–Trinajstić information content (AvgIpc) is 2.53. The highest BCUT2D eigenvalue weighted by molar-refractivity contribution is 7.21. The maximum Gasteiger partial charge on any atom is 0.279 e. The summed E-state index contributed by atoms with van der Waals surface area (Å²) < 4.78 is 0.900. The highest BCUT2D eigenvalue weighted by Crippen LogP contribution is 2.25. The van der Waals surface area contributed by atoms with Crippen LogP contribution in [0.5, 0.6) is 0 Å². The number of fused-ring (bicyclic) bond motifs is 1. The Hall–Kier alpha value is -2.58. The highest BCUT2D eigenvalue weighted by Gasteiger charge is 2.08. The second-order valence-electron chi connectivity index (χ2n) is 4.53. The van der Waals surface area contributed by atoms with Gasteiger partial charge in [0.15, 0.2) is 0 Å². The number of rotatable bonds is 3. The molecule has 0 unspecified atom stereocenters. The Kier molecular flexibility index (Phi) is 3.71. The summed E-state index contributed by atoms with van der Waals surface area (Å²) in [5.41, 5.74) is 1.47. The van der Waals surface area contributed by atoms with Crippen LogP contribution in [0.3, 0.4) is 0 Å². The predicted molar refractivity (Wildman–Crippen MR) is 83.1 cm³/mol. The standard InChI is InChI=1S/C16H11N3OS/c17-8-3-4-11-7-9-18-13(10-11)16-19-15(20)12-5-1-2-6-14(12)21-16/h1-2,5-7,9-10H,3-4H2. The first-order chi connectivity index (χ1) is 10.3. The van der Waals surface area contributed by atoms with Crippen LogP contribution >= 0.6 is 11.3 Å². The minimum Gasteiger partial charge on any atom is -0.267 e. The van der Waals surface area contributed by atoms with Gasteiger partial charge < -0.3 is 0 Å². The van der Waals surface area contributed by atoms with Crippen LogP contribution in [0.25, 0.3) is 20.8 Å². The van der Waals surface area contributed by atoms with Crippen LogP contribution in [0, 0.1) is 11.3 Å². The molecule has 5 heteroatoms. The van der Waals surface area contributed by atoms with Crippen molar-refractivity contribution in [2.75, 3.05) is 0 Å². The third-order valence-electron chi connectivity index (χ3n) is 3.10. The second kappa shape index (κ2) is 5.81. The van der Waals surface area contributed by atoms with Crippen molar-refractivity contribution in [3.8, 4) is 16.8 Å². The molecule has 2 heterocycles. The average molecular weight is 293 g/mol. The summed E-state index contributed by atoms with van der Waals surface area (Å²) in [7, 11) is 0. The number of benzene rings is 1. The van der Waals surface area contributed by atoms with Gasteiger partial charge in [-0.15, -0.1) is 11.3 Å². The van der Waals surface area contributed by atoms with Crippen LogP contribution in [-0.4, -0.2) is 9.97 Å². The van der Waals surface area contributed by atoms with Crippen molar-refractivity contribution < 1.29 is 0 Å². The van der Waals surface area contributed by atoms with Gasteiger partial charge in [-0.05, 0) is 36.2 Å². The Morgan fingerprint density at radius 2 is 2.10 bits per heavy atom. The lowest BCUT2D eigenvalue weighted by Gasteiger charge is -2.03. The summed E-state index contributed by atoms with van der Waals surface area (Å²) in [6, 6.07) is 13.3. The lowest BCUT2D eigenvalue weighted by Crippen LogP contribution is -2.06. The molecule has 0 fully saturated rings. The SMILES string of the molecule is N#CCCc1ccnc(-c2nc(=O)c3ccccc3s2)c1. The Morgan fingerprint density at radius 3 is 2.95 bits per heavy atom. The summed E-state index contributed by atoms with van der Waals surface area (Å²) in [6.45, 7) is 0. The number of pyridine rings is 1. The quantitative estimate of drug-likeness (QED) is 0.744. The zero-order chi connectivity index (χ0) is 14.7. The number of aryl methyl sites for hydroxylation is 1. The Balaban J connectivity index is 2.08. The summed E-state index contributed by atoms with van der Waals surface area (Å²) >= 11 is 1.45. The molecule has 1 aromatic carbocycles. The van der Waals surface area contributed by atoms with E-state index in [1.165, 1.54) is 11.3 Å². The van der Waals surface area contributed by atoms with Gasteiger partial charge >= 0.3 is 0 Å². The fraction of sp³-hybridized carbons (Fsp3) is 0.125. The molecule has 102 valence electrons. The number of aromatic nitrogens is 2. The molecule has 0 bridgehead atoms. The molecule has 0 spiro atoms. The van der Waals surface area contributed by atoms with Crippen molar-refractivity contribution >= 4 is 21.4 Å². The summed E-state index contributed by atoms with van der Waals surface area (Å²) in [6.07, 6.45) is 2.83. The Labute approximate surface area is 125 Å². The fourth-order valence-electron chi connectivity index (χ4n) is 2.07. The van der Waals surface area contributed by atoms with Gasteiger partial charge in [0.1, 0.15) is 5.01 Å². The first-order valence-electron chi connectivity index (χ1n) is 6.50. The smallest absolute Gasteiger partial charge is 0.267 e. The van der Waals surface area contributed by atoms with Crippen molar-refractivity contribution in [2.24, 2.45) is 0 Å². The monoisotopic (exact) mass is 293 g/mol. The van der Waals surface area contributed by atoms with Gasteiger partial charge in [-0.25, -0.2) is 0 Å². The van der Waals surface area contributed by atoms with Gasteiger partial charge in [-0.3, -0.25) is 9.78 Å². The number of hydrogen-bond acceptors (Lipinski definition) is 5. The molecule has 2 aromatic heterocycles. The molecule has 0 saturated heterocycles. The van der Waals surface area contributed by atoms with Crippen LogP contribution < -0.4 is 5.56 Å². The van der Waals surface area contributed by atoms with E-state index in [4.69, 9.17) is 5.26 Å². The largest absolute Gasteiger partial charge is 0.279 e. The molecule has 0 N–H and O–H groups in total. The molecule has 0 atom stereocenters. The third kappa shape index (κ3) is 2.81. The number of nitriles is 1. The molecule has 0 aliphatic carbocycles. The fourth-order valence-corrected chi connectivity index (χ4v) is 3.03. The minimum atomic E-state index is -0.233. The summed E-state index contributed by atoms with van der Waals surface area (Å²) in [5.74, 6) is 0. The lowest BCUT2D eigenvalue weighted by molar-refractivity contribution is 1.00. The molecule has 0 saturated carbocycles. The van der Waals surface area contributed by atoms with E-state index in [2.05, 4.69) is 16.0 Å². The molecular formula is C16H11N3OS. The molecule has 0 radical (unpaired) electrons. The van der Waals surface area contributed by atoms with Gasteiger partial charge in [0.2, 0.25) is 0 Å². The Bertz CT molecular complexity index is 896. The van der Waals surface area contributed by atoms with Crippen LogP contribution in [0.4, 0.5) is 0 Å². The van der Waals surface area contributed by atoms with Gasteiger partial charge in [0, 0.05) is 17.3 Å². The van der Waals surface area contributed by atoms with E-state index in [0.29, 0.717) is 28.9 Å². The van der Waals surface area contributed by atoms with Crippen molar-refractivity contribution in [1.29, 1.82) is 5.26 Å². The van der Waals surface area contributed by atoms with Crippen molar-refractivity contribution in [3.05, 3.63) is 58.5 Å². The van der Waals surface area contributed by atoms with Crippen LogP contribution in [0.1, 0.15) is 12.0 Å². The normalized spacial score (nSPS) is 10.4. The van der Waals surface area contributed by atoms with Crippen molar-refractivity contribution in [2.45, 2.75) is 12.8 Å². The molecule has 0 aliphatic rings. The molecule has 4 nitrogen and oxygen atoms in total. The van der Waals surface area contributed by atoms with Gasteiger partial charge in [0.05, 0.1) is 17.1 Å². The van der Waals surface area contributed by atoms with E-state index in [-0.39, 0.29) is 5.56 Å². The molecule has 0 aliphatic heterocycles. The first kappa shape index (κ1) is 13.4.